The van der Waals surface area contributed by atoms with E-state index in [1.807, 2.05) is 43.9 Å². The Bertz CT molecular complexity index is 1820. The van der Waals surface area contributed by atoms with Crippen LogP contribution in [0.25, 0.3) is 22.2 Å². The highest BCUT2D eigenvalue weighted by Crippen LogP contribution is 2.36. The molecular formula is C35H43ClN6O4S. The number of benzene rings is 2. The van der Waals surface area contributed by atoms with E-state index in [9.17, 15) is 13.2 Å². The van der Waals surface area contributed by atoms with E-state index in [1.165, 1.54) is 3.97 Å². The Morgan fingerprint density at radius 3 is 2.45 bits per heavy atom. The fraction of sp³-hybridized carbons (Fsp3) is 0.457. The van der Waals surface area contributed by atoms with Crippen LogP contribution in [0.1, 0.15) is 59.3 Å². The maximum absolute atomic E-state index is 13.6. The van der Waals surface area contributed by atoms with Crippen molar-refractivity contribution in [3.63, 3.8) is 0 Å². The van der Waals surface area contributed by atoms with Gasteiger partial charge in [0.15, 0.2) is 0 Å². The Hall–Kier alpha value is -3.67. The highest BCUT2D eigenvalue weighted by molar-refractivity contribution is 7.90. The Morgan fingerprint density at radius 2 is 1.70 bits per heavy atom. The van der Waals surface area contributed by atoms with Crippen LogP contribution in [-0.2, 0) is 14.8 Å². The number of carbonyl (C=O) groups excluding carboxylic acids is 1. The average Bonchev–Trinajstić information content (AvgIpc) is 3.45. The second-order valence-electron chi connectivity index (χ2n) is 13.6. The first-order valence-corrected chi connectivity index (χ1v) is 18.2. The van der Waals surface area contributed by atoms with Crippen molar-refractivity contribution in [2.75, 3.05) is 25.0 Å². The number of anilines is 1. The van der Waals surface area contributed by atoms with Gasteiger partial charge in [0.05, 0.1) is 27.3 Å². The van der Waals surface area contributed by atoms with Crippen molar-refractivity contribution in [1.29, 1.82) is 0 Å². The van der Waals surface area contributed by atoms with Gasteiger partial charge in [-0.2, -0.15) is 0 Å². The lowest BCUT2D eigenvalue weighted by atomic mass is 9.90. The molecule has 0 spiro atoms. The minimum Gasteiger partial charge on any atom is -0.444 e. The number of likely N-dealkylation sites (tertiary alicyclic amines) is 1. The number of nitrogens with one attached hydrogen (secondary N) is 2. The molecule has 1 atom stereocenters. The highest BCUT2D eigenvalue weighted by Gasteiger charge is 2.29. The van der Waals surface area contributed by atoms with E-state index < -0.39 is 15.6 Å². The summed E-state index contributed by atoms with van der Waals surface area (Å²) >= 11 is 6.64. The van der Waals surface area contributed by atoms with Gasteiger partial charge in [0.2, 0.25) is 5.95 Å². The molecule has 47 heavy (non-hydrogen) atoms. The first kappa shape index (κ1) is 33.2. The van der Waals surface area contributed by atoms with Crippen molar-refractivity contribution in [1.82, 2.24) is 24.2 Å². The Balaban J connectivity index is 1.09. The topological polar surface area (TPSA) is 118 Å². The molecule has 2 aromatic heterocycles. The zero-order valence-corrected chi connectivity index (χ0v) is 28.7. The summed E-state index contributed by atoms with van der Waals surface area (Å²) in [7, 11) is -3.84. The van der Waals surface area contributed by atoms with Crippen LogP contribution in [0, 0.1) is 5.92 Å². The molecule has 6 rings (SSSR count). The molecule has 12 heteroatoms. The summed E-state index contributed by atoms with van der Waals surface area (Å²) in [4.78, 5) is 23.9. The van der Waals surface area contributed by atoms with Gasteiger partial charge >= 0.3 is 6.09 Å². The SMILES string of the molecule is CC(C)(C)OC(=O)N1CCCC(CNC2CCC(Nc3ncc(Cl)c(-c4cn(S(=O)(=O)c5ccccc5)c5ccccc45)n3)CC2)C1. The van der Waals surface area contributed by atoms with Crippen molar-refractivity contribution in [3.8, 4) is 11.3 Å². The van der Waals surface area contributed by atoms with Crippen molar-refractivity contribution < 1.29 is 17.9 Å². The summed E-state index contributed by atoms with van der Waals surface area (Å²) in [6, 6.07) is 16.4. The van der Waals surface area contributed by atoms with E-state index >= 15 is 0 Å². The van der Waals surface area contributed by atoms with Gasteiger partial charge in [-0.3, -0.25) is 0 Å². The third-order valence-electron chi connectivity index (χ3n) is 8.90. The molecule has 2 fully saturated rings. The Morgan fingerprint density at radius 1 is 1.00 bits per heavy atom. The summed E-state index contributed by atoms with van der Waals surface area (Å²) in [6.45, 7) is 8.08. The van der Waals surface area contributed by atoms with Gasteiger partial charge in [0, 0.05) is 42.3 Å². The lowest BCUT2D eigenvalue weighted by molar-refractivity contribution is 0.0164. The van der Waals surface area contributed by atoms with Crippen LogP contribution < -0.4 is 10.6 Å². The molecule has 2 N–H and O–H groups in total. The summed E-state index contributed by atoms with van der Waals surface area (Å²) in [5, 5.41) is 8.34. The molecule has 2 aromatic carbocycles. The van der Waals surface area contributed by atoms with Crippen molar-refractivity contribution in [3.05, 3.63) is 72.0 Å². The Kier molecular flexibility index (Phi) is 9.77. The maximum Gasteiger partial charge on any atom is 0.410 e. The predicted octanol–water partition coefficient (Wildman–Crippen LogP) is 6.95. The summed E-state index contributed by atoms with van der Waals surface area (Å²) < 4.78 is 34.1. The molecule has 4 aromatic rings. The number of piperidine rings is 1. The largest absolute Gasteiger partial charge is 0.444 e. The van der Waals surface area contributed by atoms with Crippen LogP contribution in [-0.4, -0.2) is 70.7 Å². The minimum atomic E-state index is -3.84. The third kappa shape index (κ3) is 7.74. The van der Waals surface area contributed by atoms with E-state index in [4.69, 9.17) is 21.3 Å². The van der Waals surface area contributed by atoms with Crippen LogP contribution in [0.3, 0.4) is 0 Å². The molecule has 1 saturated carbocycles. The van der Waals surface area contributed by atoms with E-state index in [2.05, 4.69) is 15.6 Å². The number of carbonyl (C=O) groups is 1. The number of ether oxygens (including phenoxy) is 1. The molecule has 1 amide bonds. The zero-order valence-electron chi connectivity index (χ0n) is 27.2. The standard InChI is InChI=1S/C35H43ClN6O4S/c1-35(2,3)46-34(43)41-19-9-10-24(22-41)20-37-25-15-17-26(18-16-25)39-33-38-21-30(36)32(40-33)29-23-42(31-14-8-7-13-28(29)31)47(44,45)27-11-5-4-6-12-27/h4-8,11-14,21,23-26,37H,9-10,15-20,22H2,1-3H3,(H,38,39,40). The molecule has 2 aliphatic rings. The number of rotatable bonds is 8. The fourth-order valence-electron chi connectivity index (χ4n) is 6.55. The van der Waals surface area contributed by atoms with Gasteiger partial charge in [0.25, 0.3) is 10.0 Å². The van der Waals surface area contributed by atoms with Gasteiger partial charge in [-0.05, 0) is 90.0 Å². The van der Waals surface area contributed by atoms with E-state index in [1.54, 1.807) is 48.8 Å². The molecule has 10 nitrogen and oxygen atoms in total. The van der Waals surface area contributed by atoms with Gasteiger partial charge < -0.3 is 20.3 Å². The molecule has 0 bridgehead atoms. The maximum atomic E-state index is 13.6. The average molecular weight is 679 g/mol. The van der Waals surface area contributed by atoms with E-state index in [0.29, 0.717) is 39.7 Å². The minimum absolute atomic E-state index is 0.204. The molecule has 1 saturated heterocycles. The van der Waals surface area contributed by atoms with Crippen molar-refractivity contribution in [2.45, 2.75) is 81.9 Å². The third-order valence-corrected chi connectivity index (χ3v) is 10.9. The predicted molar refractivity (Wildman–Crippen MR) is 185 cm³/mol. The van der Waals surface area contributed by atoms with Gasteiger partial charge in [-0.25, -0.2) is 27.2 Å². The first-order valence-electron chi connectivity index (χ1n) is 16.4. The molecule has 1 aliphatic carbocycles. The number of nitrogens with zero attached hydrogens (tertiary/aromatic N) is 4. The second kappa shape index (κ2) is 13.8. The molecular weight excluding hydrogens is 636 g/mol. The van der Waals surface area contributed by atoms with Crippen LogP contribution in [0.4, 0.5) is 10.7 Å². The van der Waals surface area contributed by atoms with Crippen molar-refractivity contribution >= 4 is 44.6 Å². The monoisotopic (exact) mass is 678 g/mol. The van der Waals surface area contributed by atoms with E-state index in [-0.39, 0.29) is 17.0 Å². The first-order chi connectivity index (χ1) is 22.5. The van der Waals surface area contributed by atoms with Gasteiger partial charge in [-0.15, -0.1) is 0 Å². The number of fused-ring (bicyclic) bond motifs is 1. The second-order valence-corrected chi connectivity index (χ2v) is 15.8. The highest BCUT2D eigenvalue weighted by atomic mass is 35.5. The quantitative estimate of drug-likeness (QED) is 0.206. The number of hydrogen-bond acceptors (Lipinski definition) is 8. The van der Waals surface area contributed by atoms with Crippen LogP contribution in [0.2, 0.25) is 5.02 Å². The van der Waals surface area contributed by atoms with E-state index in [0.717, 1.165) is 63.5 Å². The zero-order chi connectivity index (χ0) is 33.2. The number of para-hydroxylation sites is 1. The summed E-state index contributed by atoms with van der Waals surface area (Å²) in [6.07, 6.45) is 9.01. The molecule has 250 valence electrons. The van der Waals surface area contributed by atoms with Crippen LogP contribution in [0.15, 0.2) is 71.9 Å². The molecule has 1 unspecified atom stereocenters. The smallest absolute Gasteiger partial charge is 0.410 e. The fourth-order valence-corrected chi connectivity index (χ4v) is 8.13. The molecule has 3 heterocycles. The number of amides is 1. The number of aromatic nitrogens is 3. The number of halogens is 1. The molecule has 0 radical (unpaired) electrons. The summed E-state index contributed by atoms with van der Waals surface area (Å²) in [5.41, 5.74) is 1.16. The summed E-state index contributed by atoms with van der Waals surface area (Å²) in [5.74, 6) is 0.884. The van der Waals surface area contributed by atoms with Crippen molar-refractivity contribution in [2.24, 2.45) is 5.92 Å². The number of hydrogen-bond donors (Lipinski definition) is 2. The Labute approximate surface area is 281 Å². The van der Waals surface area contributed by atoms with Gasteiger partial charge in [-0.1, -0.05) is 48.0 Å². The van der Waals surface area contributed by atoms with Crippen LogP contribution in [0.5, 0.6) is 0 Å². The van der Waals surface area contributed by atoms with Crippen LogP contribution >= 0.6 is 11.6 Å². The normalized spacial score (nSPS) is 20.7. The lowest BCUT2D eigenvalue weighted by Crippen LogP contribution is -2.46. The lowest BCUT2D eigenvalue weighted by Gasteiger charge is -2.36. The van der Waals surface area contributed by atoms with Gasteiger partial charge in [0.1, 0.15) is 5.60 Å². The molecule has 1 aliphatic heterocycles.